The maximum atomic E-state index is 13.2. The predicted molar refractivity (Wildman–Crippen MR) is 123 cm³/mol. The van der Waals surface area contributed by atoms with E-state index in [1.54, 1.807) is 6.08 Å². The van der Waals surface area contributed by atoms with Crippen molar-refractivity contribution in [3.05, 3.63) is 46.9 Å². The topological polar surface area (TPSA) is 154 Å². The maximum Gasteiger partial charge on any atom is 0.586 e. The highest BCUT2D eigenvalue weighted by Gasteiger charge is 2.43. The van der Waals surface area contributed by atoms with Crippen molar-refractivity contribution in [1.82, 2.24) is 15.0 Å². The summed E-state index contributed by atoms with van der Waals surface area (Å²) in [6.45, 7) is 0. The van der Waals surface area contributed by atoms with E-state index in [1.807, 2.05) is 0 Å². The van der Waals surface area contributed by atoms with Crippen LogP contribution >= 0.6 is 11.3 Å². The van der Waals surface area contributed by atoms with E-state index in [4.69, 9.17) is 9.47 Å². The van der Waals surface area contributed by atoms with Crippen molar-refractivity contribution in [3.63, 3.8) is 0 Å². The Bertz CT molecular complexity index is 1490. The van der Waals surface area contributed by atoms with Gasteiger partial charge in [0.25, 0.3) is 5.91 Å². The van der Waals surface area contributed by atoms with Crippen molar-refractivity contribution in [3.8, 4) is 11.5 Å². The molecule has 0 bridgehead atoms. The number of hydrogen-bond acceptors (Lipinski definition) is 10. The van der Waals surface area contributed by atoms with Crippen molar-refractivity contribution in [2.45, 2.75) is 18.0 Å². The predicted octanol–water partition coefficient (Wildman–Crippen LogP) is 3.17. The Morgan fingerprint density at radius 1 is 1.19 bits per heavy atom. The zero-order valence-electron chi connectivity index (χ0n) is 18.5. The Hall–Kier alpha value is -3.92. The zero-order valence-corrected chi connectivity index (χ0v) is 20.1. The summed E-state index contributed by atoms with van der Waals surface area (Å²) in [6.07, 6.45) is -0.562. The first kappa shape index (κ1) is 23.8. The number of hydrogen-bond donors (Lipinski definition) is 3. The molecule has 3 N–H and O–H groups in total. The molecule has 12 nitrogen and oxygen atoms in total. The number of imidazole rings is 1. The van der Waals surface area contributed by atoms with Crippen LogP contribution in [0.5, 0.6) is 11.5 Å². The first-order valence-corrected chi connectivity index (χ1v) is 12.6. The van der Waals surface area contributed by atoms with Gasteiger partial charge in [0.05, 0.1) is 31.0 Å². The third kappa shape index (κ3) is 4.51. The molecule has 0 saturated heterocycles. The number of sulfonamides is 1. The van der Waals surface area contributed by atoms with Gasteiger partial charge >= 0.3 is 6.29 Å². The first-order valence-electron chi connectivity index (χ1n) is 10.1. The molecule has 0 saturated carbocycles. The van der Waals surface area contributed by atoms with Crippen molar-refractivity contribution in [2.24, 2.45) is 0 Å². The number of nitrogens with zero attached hydrogens (tertiary/aromatic N) is 2. The summed E-state index contributed by atoms with van der Waals surface area (Å²) >= 11 is 0.911. The Kier molecular flexibility index (Phi) is 5.71. The number of ether oxygens (including phenoxy) is 4. The van der Waals surface area contributed by atoms with Crippen molar-refractivity contribution in [1.29, 1.82) is 0 Å². The van der Waals surface area contributed by atoms with E-state index >= 15 is 0 Å². The zero-order chi connectivity index (χ0) is 25.7. The molecule has 0 spiro atoms. The lowest BCUT2D eigenvalue weighted by Gasteiger charge is -2.23. The largest absolute Gasteiger partial charge is 0.586 e. The number of H-pyrrole nitrogens is 1. The summed E-state index contributed by atoms with van der Waals surface area (Å²) in [5.74, 6) is -0.339. The van der Waals surface area contributed by atoms with E-state index in [0.29, 0.717) is 11.3 Å². The molecule has 1 atom stereocenters. The minimum absolute atomic E-state index is 0.0107. The summed E-state index contributed by atoms with van der Waals surface area (Å²) in [6, 6.07) is 2.51. The van der Waals surface area contributed by atoms with E-state index in [0.717, 1.165) is 11.3 Å². The molecule has 2 aromatic heterocycles. The van der Waals surface area contributed by atoms with E-state index in [-0.39, 0.29) is 46.0 Å². The average molecular weight is 542 g/mol. The van der Waals surface area contributed by atoms with Gasteiger partial charge in [0, 0.05) is 23.9 Å². The van der Waals surface area contributed by atoms with Crippen LogP contribution in [0.4, 0.5) is 19.9 Å². The molecule has 1 aliphatic carbocycles. The second-order valence-corrected chi connectivity index (χ2v) is 10.2. The summed E-state index contributed by atoms with van der Waals surface area (Å²) in [5, 5.41) is 2.78. The van der Waals surface area contributed by atoms with Crippen molar-refractivity contribution >= 4 is 49.4 Å². The normalized spacial score (nSPS) is 18.4. The number of halogens is 2. The molecular weight excluding hydrogens is 524 g/mol. The van der Waals surface area contributed by atoms with Crippen LogP contribution in [-0.2, 0) is 19.5 Å². The molecule has 1 amide bonds. The fraction of sp³-hybridized carbons (Fsp3) is 0.250. The van der Waals surface area contributed by atoms with Crippen LogP contribution in [-0.4, -0.2) is 55.0 Å². The average Bonchev–Trinajstić information content (AvgIpc) is 3.51. The summed E-state index contributed by atoms with van der Waals surface area (Å²) < 4.78 is 73.8. The molecular formula is C20H17F2N5O7S2. The number of benzene rings is 1. The minimum Gasteiger partial charge on any atom is -0.501 e. The molecule has 3 heterocycles. The van der Waals surface area contributed by atoms with Crippen molar-refractivity contribution < 1.29 is 40.9 Å². The number of nitrogens with one attached hydrogen (secondary N) is 3. The van der Waals surface area contributed by atoms with Gasteiger partial charge in [-0.25, -0.2) is 18.4 Å². The smallest absolute Gasteiger partial charge is 0.501 e. The second kappa shape index (κ2) is 8.63. The van der Waals surface area contributed by atoms with Crippen LogP contribution in [0.25, 0.3) is 11.0 Å². The molecule has 0 fully saturated rings. The first-order chi connectivity index (χ1) is 17.1. The van der Waals surface area contributed by atoms with Gasteiger partial charge in [-0.1, -0.05) is 0 Å². The summed E-state index contributed by atoms with van der Waals surface area (Å²) in [7, 11) is -1.18. The lowest BCUT2D eigenvalue weighted by atomic mass is 10.1. The molecule has 1 aliphatic heterocycles. The monoisotopic (exact) mass is 541 g/mol. The molecule has 190 valence electrons. The number of alkyl halides is 2. The fourth-order valence-electron chi connectivity index (χ4n) is 3.55. The molecule has 36 heavy (non-hydrogen) atoms. The number of rotatable bonds is 7. The van der Waals surface area contributed by atoms with Gasteiger partial charge in [-0.2, -0.15) is 0 Å². The van der Waals surface area contributed by atoms with E-state index in [2.05, 4.69) is 34.5 Å². The van der Waals surface area contributed by atoms with Gasteiger partial charge in [-0.15, -0.1) is 20.1 Å². The standard InChI is InChI=1S/C20H17F2N5O7S2/c1-31-9-3-4-13(32-2)16(5-9)36(29,30)27-19-25-12(8-35-19)17(28)26-18-23-10-6-14-15(7-11(10)24-18)34-20(21,22)33-14/h3-4,6-8,16H,5H2,1-2H3,(H,25,27)(H2,23,24,26,28). The van der Waals surface area contributed by atoms with Crippen LogP contribution in [0.2, 0.25) is 0 Å². The Morgan fingerprint density at radius 2 is 1.94 bits per heavy atom. The van der Waals surface area contributed by atoms with E-state index in [1.165, 1.54) is 37.8 Å². The van der Waals surface area contributed by atoms with Gasteiger partial charge in [-0.05, 0) is 12.2 Å². The van der Waals surface area contributed by atoms with Crippen LogP contribution in [0.1, 0.15) is 16.9 Å². The number of aromatic nitrogens is 3. The number of carbonyl (C=O) groups is 1. The minimum atomic E-state index is -3.99. The highest BCUT2D eigenvalue weighted by molar-refractivity contribution is 7.93. The quantitative estimate of drug-likeness (QED) is 0.409. The SMILES string of the molecule is COC1=CC=C(OC)C(S(=O)(=O)Nc2nc(C(=O)Nc3nc4cc5c(cc4[nH]3)OC(F)(F)O5)cs2)C1. The fourth-order valence-corrected chi connectivity index (χ4v) is 5.92. The second-order valence-electron chi connectivity index (χ2n) is 7.51. The number of aromatic amines is 1. The molecule has 16 heteroatoms. The summed E-state index contributed by atoms with van der Waals surface area (Å²) in [5.41, 5.74) is 0.489. The maximum absolute atomic E-state index is 13.2. The molecule has 5 rings (SSSR count). The van der Waals surface area contributed by atoms with Gasteiger partial charge in [0.1, 0.15) is 16.7 Å². The lowest BCUT2D eigenvalue weighted by molar-refractivity contribution is -0.286. The van der Waals surface area contributed by atoms with Gasteiger partial charge in [-0.3, -0.25) is 14.8 Å². The molecule has 2 aliphatic rings. The van der Waals surface area contributed by atoms with Crippen LogP contribution < -0.4 is 19.5 Å². The summed E-state index contributed by atoms with van der Waals surface area (Å²) in [4.78, 5) is 23.6. The van der Waals surface area contributed by atoms with Crippen LogP contribution in [0, 0.1) is 0 Å². The van der Waals surface area contributed by atoms with Crippen LogP contribution in [0.3, 0.4) is 0 Å². The lowest BCUT2D eigenvalue weighted by Crippen LogP contribution is -2.32. The highest BCUT2D eigenvalue weighted by Crippen LogP contribution is 2.43. The third-order valence-electron chi connectivity index (χ3n) is 5.21. The highest BCUT2D eigenvalue weighted by atomic mass is 32.2. The Balaban J connectivity index is 1.28. The number of methoxy groups -OCH3 is 2. The Morgan fingerprint density at radius 3 is 2.67 bits per heavy atom. The Labute approximate surface area is 206 Å². The van der Waals surface area contributed by atoms with Gasteiger partial charge in [0.15, 0.2) is 16.6 Å². The molecule has 3 aromatic rings. The third-order valence-corrected chi connectivity index (χ3v) is 7.73. The molecule has 1 aromatic carbocycles. The number of anilines is 2. The van der Waals surface area contributed by atoms with E-state index in [9.17, 15) is 22.0 Å². The van der Waals surface area contributed by atoms with Gasteiger partial charge < -0.3 is 23.9 Å². The van der Waals surface area contributed by atoms with Gasteiger partial charge in [0.2, 0.25) is 16.0 Å². The number of allylic oxidation sites excluding steroid dienone is 3. The number of amides is 1. The number of carbonyl (C=O) groups excluding carboxylic acids is 1. The molecule has 0 radical (unpaired) electrons. The number of thiazole rings is 1. The molecule has 1 unspecified atom stereocenters. The van der Waals surface area contributed by atoms with Crippen LogP contribution in [0.15, 0.2) is 41.2 Å². The van der Waals surface area contributed by atoms with Crippen molar-refractivity contribution in [2.75, 3.05) is 24.3 Å². The van der Waals surface area contributed by atoms with E-state index < -0.39 is 27.5 Å². The number of fused-ring (bicyclic) bond motifs is 2.